The Labute approximate surface area is 231 Å². The number of aromatic hydroxyl groups is 1. The number of hydrogen-bond acceptors (Lipinski definition) is 9. The number of hydrazine groups is 1. The Morgan fingerprint density at radius 1 is 1.13 bits per heavy atom. The summed E-state index contributed by atoms with van der Waals surface area (Å²) in [6.45, 7) is 1.77. The van der Waals surface area contributed by atoms with Crippen molar-refractivity contribution in [2.24, 2.45) is 5.92 Å². The third-order valence-corrected chi connectivity index (χ3v) is 9.02. The number of halogens is 1. The minimum absolute atomic E-state index is 0.182. The summed E-state index contributed by atoms with van der Waals surface area (Å²) in [5.74, 6) is -3.69. The lowest BCUT2D eigenvalue weighted by molar-refractivity contribution is -0.138. The van der Waals surface area contributed by atoms with E-state index in [-0.39, 0.29) is 35.7 Å². The highest BCUT2D eigenvalue weighted by Gasteiger charge is 2.43. The lowest BCUT2D eigenvalue weighted by Gasteiger charge is -2.29. The second-order valence-corrected chi connectivity index (χ2v) is 11.6. The van der Waals surface area contributed by atoms with Gasteiger partial charge < -0.3 is 15.5 Å². The predicted octanol–water partition coefficient (Wildman–Crippen LogP) is 0.666. The number of fused-ring (bicyclic) bond motifs is 1. The van der Waals surface area contributed by atoms with Crippen molar-refractivity contribution in [3.63, 3.8) is 0 Å². The molecule has 2 aliphatic rings. The molecule has 0 saturated carbocycles. The average Bonchev–Trinajstić information content (AvgIpc) is 3.35. The van der Waals surface area contributed by atoms with E-state index < -0.39 is 45.9 Å². The van der Waals surface area contributed by atoms with Crippen LogP contribution in [0, 0.1) is 5.92 Å². The zero-order valence-electron chi connectivity index (χ0n) is 21.2. The van der Waals surface area contributed by atoms with Gasteiger partial charge in [0, 0.05) is 31.8 Å². The van der Waals surface area contributed by atoms with Crippen LogP contribution in [0.3, 0.4) is 0 Å². The fourth-order valence-corrected chi connectivity index (χ4v) is 7.06. The molecule has 4 atom stereocenters. The fourth-order valence-electron chi connectivity index (χ4n) is 5.01. The first-order valence-electron chi connectivity index (χ1n) is 12.1. The number of nitrogens with one attached hydrogen (secondary N) is 3. The normalized spacial score (nSPS) is 21.0. The SMILES string of the molecule is CC1=C(S(=O)(=O)N[C@@H](C(=O)N[C@H]2c3ccccc3C[C@@H]2O)[C@H](Cc2ccccc2O)C(=O)NO)N(Cl)N(C)C1. The van der Waals surface area contributed by atoms with Crippen LogP contribution in [0.5, 0.6) is 5.75 Å². The number of sulfonamides is 1. The maximum absolute atomic E-state index is 13.8. The molecule has 1 heterocycles. The molecule has 2 amide bonds. The number of hydrogen-bond donors (Lipinski definition) is 6. The summed E-state index contributed by atoms with van der Waals surface area (Å²) in [6.07, 6.45) is -1.03. The number of rotatable bonds is 9. The van der Waals surface area contributed by atoms with Crippen molar-refractivity contribution in [3.05, 3.63) is 75.8 Å². The summed E-state index contributed by atoms with van der Waals surface area (Å²) in [7, 11) is -2.93. The number of aliphatic hydroxyl groups is 1. The van der Waals surface area contributed by atoms with E-state index in [1.54, 1.807) is 44.3 Å². The largest absolute Gasteiger partial charge is 0.508 e. The molecule has 0 unspecified atom stereocenters. The van der Waals surface area contributed by atoms with Crippen LogP contribution in [0.1, 0.15) is 29.7 Å². The van der Waals surface area contributed by atoms with Gasteiger partial charge in [-0.3, -0.25) is 14.8 Å². The molecular formula is C25H30ClN5O7S. The first kappa shape index (κ1) is 28.8. The van der Waals surface area contributed by atoms with Crippen molar-refractivity contribution in [2.75, 3.05) is 13.6 Å². The molecule has 6 N–H and O–H groups in total. The smallest absolute Gasteiger partial charge is 0.259 e. The van der Waals surface area contributed by atoms with Crippen LogP contribution in [0.25, 0.3) is 0 Å². The van der Waals surface area contributed by atoms with Gasteiger partial charge in [-0.25, -0.2) is 23.4 Å². The van der Waals surface area contributed by atoms with Crippen molar-refractivity contribution in [1.82, 2.24) is 25.1 Å². The van der Waals surface area contributed by atoms with Crippen LogP contribution >= 0.6 is 11.8 Å². The summed E-state index contributed by atoms with van der Waals surface area (Å²) in [6, 6.07) is 10.5. The third-order valence-electron chi connectivity index (χ3n) is 6.90. The molecule has 2 aromatic rings. The summed E-state index contributed by atoms with van der Waals surface area (Å²) in [4.78, 5) is 26.7. The molecule has 210 valence electrons. The van der Waals surface area contributed by atoms with E-state index in [2.05, 4.69) is 10.0 Å². The van der Waals surface area contributed by atoms with E-state index in [1.807, 2.05) is 6.07 Å². The number of likely N-dealkylation sites (N-methyl/N-ethyl adjacent to an activating group) is 1. The van der Waals surface area contributed by atoms with Gasteiger partial charge in [-0.1, -0.05) is 42.5 Å². The van der Waals surface area contributed by atoms with Gasteiger partial charge in [0.05, 0.1) is 18.1 Å². The first-order valence-corrected chi connectivity index (χ1v) is 13.9. The van der Waals surface area contributed by atoms with Crippen molar-refractivity contribution in [1.29, 1.82) is 0 Å². The highest BCUT2D eigenvalue weighted by atomic mass is 35.5. The minimum atomic E-state index is -4.50. The molecule has 1 aliphatic carbocycles. The van der Waals surface area contributed by atoms with Gasteiger partial charge in [0.15, 0.2) is 5.03 Å². The number of amides is 2. The number of carbonyl (C=O) groups excluding carboxylic acids is 2. The van der Waals surface area contributed by atoms with E-state index in [4.69, 9.17) is 11.8 Å². The number of hydroxylamine groups is 1. The summed E-state index contributed by atoms with van der Waals surface area (Å²) in [5, 5.41) is 34.3. The monoisotopic (exact) mass is 579 g/mol. The van der Waals surface area contributed by atoms with Crippen LogP contribution < -0.4 is 15.5 Å². The lowest BCUT2D eigenvalue weighted by Crippen LogP contribution is -2.56. The number of aliphatic hydroxyl groups excluding tert-OH is 1. The van der Waals surface area contributed by atoms with Gasteiger partial charge in [-0.05, 0) is 41.7 Å². The van der Waals surface area contributed by atoms with Crippen LogP contribution in [0.15, 0.2) is 59.1 Å². The highest BCUT2D eigenvalue weighted by Crippen LogP contribution is 2.33. The number of carbonyl (C=O) groups is 2. The summed E-state index contributed by atoms with van der Waals surface area (Å²) < 4.78 is 30.3. The van der Waals surface area contributed by atoms with Crippen molar-refractivity contribution >= 4 is 33.6 Å². The molecule has 12 nitrogen and oxygen atoms in total. The molecular weight excluding hydrogens is 550 g/mol. The number of phenolic OH excluding ortho intramolecular Hbond substituents is 1. The van der Waals surface area contributed by atoms with E-state index in [1.165, 1.54) is 22.6 Å². The van der Waals surface area contributed by atoms with E-state index >= 15 is 0 Å². The summed E-state index contributed by atoms with van der Waals surface area (Å²) >= 11 is 6.20. The number of nitrogens with zero attached hydrogens (tertiary/aromatic N) is 2. The van der Waals surface area contributed by atoms with E-state index in [0.717, 1.165) is 10.1 Å². The standard InChI is InChI=1S/C25H30ClN5O7S/c1-14-13-30(2)31(26)25(14)39(37,38)29-22(18(23(34)28-36)11-16-8-4-6-10-19(16)32)24(35)27-21-17-9-5-3-7-15(17)12-20(21)33/h3-10,18,20-22,29,32-33,36H,11-13H2,1-2H3,(H,27,35)(H,28,34)/t18-,20-,21-,22+/m0/s1. The quantitative estimate of drug-likeness (QED) is 0.142. The lowest BCUT2D eigenvalue weighted by atomic mass is 9.90. The second kappa shape index (κ2) is 11.5. The fraction of sp³-hybridized carbons (Fsp3) is 0.360. The van der Waals surface area contributed by atoms with Gasteiger partial charge in [0.1, 0.15) is 11.8 Å². The number of para-hydroxylation sites is 1. The molecule has 0 aromatic heterocycles. The van der Waals surface area contributed by atoms with Gasteiger partial charge in [-0.2, -0.15) is 4.72 Å². The Morgan fingerprint density at radius 3 is 2.44 bits per heavy atom. The minimum Gasteiger partial charge on any atom is -0.508 e. The molecule has 2 aromatic carbocycles. The van der Waals surface area contributed by atoms with Crippen molar-refractivity contribution in [2.45, 2.75) is 38.0 Å². The van der Waals surface area contributed by atoms with Gasteiger partial charge >= 0.3 is 0 Å². The maximum Gasteiger partial charge on any atom is 0.259 e. The van der Waals surface area contributed by atoms with Crippen LogP contribution in [-0.2, 0) is 32.5 Å². The molecule has 0 fully saturated rings. The predicted molar refractivity (Wildman–Crippen MR) is 141 cm³/mol. The Hall–Kier alpha value is -3.20. The average molecular weight is 580 g/mol. The van der Waals surface area contributed by atoms with Crippen molar-refractivity contribution in [3.8, 4) is 5.75 Å². The van der Waals surface area contributed by atoms with Crippen molar-refractivity contribution < 1.29 is 33.4 Å². The zero-order valence-corrected chi connectivity index (χ0v) is 22.8. The van der Waals surface area contributed by atoms with E-state index in [9.17, 15) is 33.4 Å². The zero-order chi connectivity index (χ0) is 28.5. The third kappa shape index (κ3) is 5.88. The number of phenols is 1. The maximum atomic E-state index is 13.8. The van der Waals surface area contributed by atoms with Crippen LogP contribution in [-0.4, -0.2) is 70.9 Å². The Kier molecular flexibility index (Phi) is 8.49. The Morgan fingerprint density at radius 2 is 1.79 bits per heavy atom. The van der Waals surface area contributed by atoms with Crippen LogP contribution in [0.2, 0.25) is 0 Å². The first-order chi connectivity index (χ1) is 18.4. The number of benzene rings is 2. The molecule has 0 bridgehead atoms. The molecule has 0 radical (unpaired) electrons. The van der Waals surface area contributed by atoms with E-state index in [0.29, 0.717) is 11.1 Å². The Balaban J connectivity index is 1.73. The van der Waals surface area contributed by atoms with Gasteiger partial charge in [0.2, 0.25) is 11.8 Å². The van der Waals surface area contributed by atoms with Crippen LogP contribution in [0.4, 0.5) is 0 Å². The summed E-state index contributed by atoms with van der Waals surface area (Å²) in [5.41, 5.74) is 3.61. The molecule has 14 heteroatoms. The molecule has 0 saturated heterocycles. The molecule has 39 heavy (non-hydrogen) atoms. The highest BCUT2D eigenvalue weighted by molar-refractivity contribution is 7.93. The molecule has 0 spiro atoms. The Bertz CT molecular complexity index is 1400. The molecule has 4 rings (SSSR count). The second-order valence-electron chi connectivity index (χ2n) is 9.63. The van der Waals surface area contributed by atoms with Gasteiger partial charge in [-0.15, -0.1) is 0 Å². The topological polar surface area (TPSA) is 172 Å². The molecule has 1 aliphatic heterocycles. The van der Waals surface area contributed by atoms with Gasteiger partial charge in [0.25, 0.3) is 10.0 Å².